The Bertz CT molecular complexity index is 551. The van der Waals surface area contributed by atoms with Crippen molar-refractivity contribution < 1.29 is 9.32 Å². The molecular weight excluding hydrogens is 232 g/mol. The molecule has 1 amide bonds. The molecule has 0 aliphatic heterocycles. The van der Waals surface area contributed by atoms with Crippen LogP contribution in [0.2, 0.25) is 0 Å². The Morgan fingerprint density at radius 1 is 1.44 bits per heavy atom. The fourth-order valence-electron chi connectivity index (χ4n) is 1.46. The Morgan fingerprint density at radius 3 is 2.94 bits per heavy atom. The molecule has 6 nitrogen and oxygen atoms in total. The summed E-state index contributed by atoms with van der Waals surface area (Å²) < 4.78 is 5.00. The molecule has 94 valence electrons. The molecule has 0 unspecified atom stereocenters. The first-order valence-corrected chi connectivity index (χ1v) is 5.54. The standard InChI is InChI=1S/C12H14N4O2/c1-8-6-9(18-16-8)7-14-12(17)10-4-3-5-11(13-2)15-10/h3-6H,7H2,1-2H3,(H,13,15)(H,14,17). The minimum Gasteiger partial charge on any atom is -0.373 e. The molecule has 2 heterocycles. The maximum absolute atomic E-state index is 11.8. The third-order valence-electron chi connectivity index (χ3n) is 2.34. The average Bonchev–Trinajstić information content (AvgIpc) is 2.82. The minimum absolute atomic E-state index is 0.249. The van der Waals surface area contributed by atoms with Crippen LogP contribution in [0.3, 0.4) is 0 Å². The predicted octanol–water partition coefficient (Wildman–Crippen LogP) is 1.35. The van der Waals surface area contributed by atoms with Gasteiger partial charge in [0.05, 0.1) is 12.2 Å². The molecule has 2 N–H and O–H groups in total. The topological polar surface area (TPSA) is 80.0 Å². The number of aryl methyl sites for hydroxylation is 1. The van der Waals surface area contributed by atoms with Crippen LogP contribution in [0.25, 0.3) is 0 Å². The molecule has 0 spiro atoms. The van der Waals surface area contributed by atoms with Crippen LogP contribution in [0.1, 0.15) is 21.9 Å². The lowest BCUT2D eigenvalue weighted by molar-refractivity contribution is 0.0942. The van der Waals surface area contributed by atoms with Gasteiger partial charge in [-0.05, 0) is 19.1 Å². The molecule has 0 fully saturated rings. The lowest BCUT2D eigenvalue weighted by Gasteiger charge is -2.04. The normalized spacial score (nSPS) is 10.1. The third kappa shape index (κ3) is 2.85. The first-order chi connectivity index (χ1) is 8.69. The van der Waals surface area contributed by atoms with Gasteiger partial charge in [0, 0.05) is 13.1 Å². The van der Waals surface area contributed by atoms with Gasteiger partial charge in [0.25, 0.3) is 5.91 Å². The smallest absolute Gasteiger partial charge is 0.270 e. The molecule has 2 aromatic rings. The van der Waals surface area contributed by atoms with Crippen molar-refractivity contribution >= 4 is 11.7 Å². The molecule has 0 aromatic carbocycles. The number of aromatic nitrogens is 2. The Morgan fingerprint density at radius 2 is 2.28 bits per heavy atom. The van der Waals surface area contributed by atoms with Crippen LogP contribution in [-0.2, 0) is 6.54 Å². The lowest BCUT2D eigenvalue weighted by Crippen LogP contribution is -2.23. The zero-order valence-electron chi connectivity index (χ0n) is 10.2. The van der Waals surface area contributed by atoms with Crippen molar-refractivity contribution in [2.45, 2.75) is 13.5 Å². The molecule has 0 aliphatic carbocycles. The van der Waals surface area contributed by atoms with E-state index in [2.05, 4.69) is 20.8 Å². The van der Waals surface area contributed by atoms with Crippen LogP contribution < -0.4 is 10.6 Å². The number of rotatable bonds is 4. The van der Waals surface area contributed by atoms with Gasteiger partial charge in [0.2, 0.25) is 0 Å². The first-order valence-electron chi connectivity index (χ1n) is 5.54. The highest BCUT2D eigenvalue weighted by atomic mass is 16.5. The molecule has 0 aliphatic rings. The van der Waals surface area contributed by atoms with E-state index in [1.807, 2.05) is 6.92 Å². The highest BCUT2D eigenvalue weighted by molar-refractivity contribution is 5.92. The van der Waals surface area contributed by atoms with E-state index in [-0.39, 0.29) is 5.91 Å². The van der Waals surface area contributed by atoms with E-state index in [4.69, 9.17) is 4.52 Å². The van der Waals surface area contributed by atoms with Gasteiger partial charge >= 0.3 is 0 Å². The summed E-state index contributed by atoms with van der Waals surface area (Å²) in [6.45, 7) is 2.12. The highest BCUT2D eigenvalue weighted by Crippen LogP contribution is 2.05. The van der Waals surface area contributed by atoms with Crippen LogP contribution >= 0.6 is 0 Å². The lowest BCUT2D eigenvalue weighted by atomic mass is 10.3. The molecular formula is C12H14N4O2. The zero-order valence-corrected chi connectivity index (χ0v) is 10.2. The predicted molar refractivity (Wildman–Crippen MR) is 66.2 cm³/mol. The fraction of sp³-hybridized carbons (Fsp3) is 0.250. The Balaban J connectivity index is 1.99. The fourth-order valence-corrected chi connectivity index (χ4v) is 1.46. The van der Waals surface area contributed by atoms with Gasteiger partial charge in [-0.15, -0.1) is 0 Å². The summed E-state index contributed by atoms with van der Waals surface area (Å²) in [4.78, 5) is 16.0. The number of pyridine rings is 1. The number of hydrogen-bond acceptors (Lipinski definition) is 5. The van der Waals surface area contributed by atoms with Crippen molar-refractivity contribution in [1.82, 2.24) is 15.5 Å². The molecule has 0 saturated carbocycles. The monoisotopic (exact) mass is 246 g/mol. The number of hydrogen-bond donors (Lipinski definition) is 2. The van der Waals surface area contributed by atoms with Crippen molar-refractivity contribution in [1.29, 1.82) is 0 Å². The summed E-state index contributed by atoms with van der Waals surface area (Å²) in [5.74, 6) is 1.02. The zero-order chi connectivity index (χ0) is 13.0. The van der Waals surface area contributed by atoms with Crippen molar-refractivity contribution in [3.05, 3.63) is 41.4 Å². The molecule has 18 heavy (non-hydrogen) atoms. The second-order valence-corrected chi connectivity index (χ2v) is 3.78. The number of nitrogens with one attached hydrogen (secondary N) is 2. The van der Waals surface area contributed by atoms with Crippen molar-refractivity contribution in [2.75, 3.05) is 12.4 Å². The molecule has 0 bridgehead atoms. The summed E-state index contributed by atoms with van der Waals surface area (Å²) in [7, 11) is 1.75. The SMILES string of the molecule is CNc1cccc(C(=O)NCc2cc(C)no2)n1. The molecule has 2 rings (SSSR count). The maximum atomic E-state index is 11.8. The van der Waals surface area contributed by atoms with Crippen LogP contribution in [0.4, 0.5) is 5.82 Å². The van der Waals surface area contributed by atoms with Crippen LogP contribution in [-0.4, -0.2) is 23.1 Å². The maximum Gasteiger partial charge on any atom is 0.270 e. The number of nitrogens with zero attached hydrogens (tertiary/aromatic N) is 2. The van der Waals surface area contributed by atoms with Crippen LogP contribution in [0.5, 0.6) is 0 Å². The van der Waals surface area contributed by atoms with Crippen LogP contribution in [0, 0.1) is 6.92 Å². The second-order valence-electron chi connectivity index (χ2n) is 3.78. The summed E-state index contributed by atoms with van der Waals surface area (Å²) >= 11 is 0. The summed E-state index contributed by atoms with van der Waals surface area (Å²) in [6, 6.07) is 6.99. The average molecular weight is 246 g/mol. The largest absolute Gasteiger partial charge is 0.373 e. The minimum atomic E-state index is -0.249. The van der Waals surface area contributed by atoms with Gasteiger partial charge in [-0.3, -0.25) is 4.79 Å². The van der Waals surface area contributed by atoms with E-state index in [0.717, 1.165) is 5.69 Å². The molecule has 2 aromatic heterocycles. The number of amides is 1. The summed E-state index contributed by atoms with van der Waals surface area (Å²) in [5.41, 5.74) is 1.15. The first kappa shape index (κ1) is 12.1. The molecule has 6 heteroatoms. The van der Waals surface area contributed by atoms with Gasteiger partial charge in [-0.25, -0.2) is 4.98 Å². The van der Waals surface area contributed by atoms with Crippen molar-refractivity contribution in [3.8, 4) is 0 Å². The van der Waals surface area contributed by atoms with Gasteiger partial charge in [-0.2, -0.15) is 0 Å². The van der Waals surface area contributed by atoms with Gasteiger partial charge in [0.1, 0.15) is 11.5 Å². The summed E-state index contributed by atoms with van der Waals surface area (Å²) in [6.07, 6.45) is 0. The van der Waals surface area contributed by atoms with E-state index in [1.54, 1.807) is 31.3 Å². The van der Waals surface area contributed by atoms with Crippen LogP contribution in [0.15, 0.2) is 28.8 Å². The van der Waals surface area contributed by atoms with E-state index < -0.39 is 0 Å². The summed E-state index contributed by atoms with van der Waals surface area (Å²) in [5, 5.41) is 9.34. The van der Waals surface area contributed by atoms with Gasteiger partial charge in [0.15, 0.2) is 5.76 Å². The van der Waals surface area contributed by atoms with E-state index >= 15 is 0 Å². The number of carbonyl (C=O) groups is 1. The molecule has 0 saturated heterocycles. The Kier molecular flexibility index (Phi) is 3.57. The number of carbonyl (C=O) groups excluding carboxylic acids is 1. The van der Waals surface area contributed by atoms with Crippen molar-refractivity contribution in [2.24, 2.45) is 0 Å². The highest BCUT2D eigenvalue weighted by Gasteiger charge is 2.08. The van der Waals surface area contributed by atoms with Crippen molar-refractivity contribution in [3.63, 3.8) is 0 Å². The Hall–Kier alpha value is -2.37. The molecule has 0 radical (unpaired) electrons. The van der Waals surface area contributed by atoms with E-state index in [1.165, 1.54) is 0 Å². The Labute approximate surface area is 104 Å². The second kappa shape index (κ2) is 5.31. The molecule has 0 atom stereocenters. The number of anilines is 1. The third-order valence-corrected chi connectivity index (χ3v) is 2.34. The van der Waals surface area contributed by atoms with Gasteiger partial charge in [-0.1, -0.05) is 11.2 Å². The van der Waals surface area contributed by atoms with E-state index in [9.17, 15) is 4.79 Å². The quantitative estimate of drug-likeness (QED) is 0.851. The van der Waals surface area contributed by atoms with E-state index in [0.29, 0.717) is 23.8 Å². The van der Waals surface area contributed by atoms with Gasteiger partial charge < -0.3 is 15.2 Å².